The number of hydrogen-bond acceptors (Lipinski definition) is 3. The number of alkyl halides is 10. The van der Waals surface area contributed by atoms with Gasteiger partial charge in [0.25, 0.3) is 11.8 Å². The van der Waals surface area contributed by atoms with Crippen molar-refractivity contribution in [2.24, 2.45) is 0 Å². The summed E-state index contributed by atoms with van der Waals surface area (Å²) in [6.45, 7) is 0. The van der Waals surface area contributed by atoms with Crippen LogP contribution in [0, 0.1) is 0 Å². The van der Waals surface area contributed by atoms with Crippen LogP contribution in [0.4, 0.5) is 55.3 Å². The zero-order chi connectivity index (χ0) is 31.1. The Labute approximate surface area is 233 Å². The van der Waals surface area contributed by atoms with Crippen LogP contribution in [0.25, 0.3) is 0 Å². The van der Waals surface area contributed by atoms with E-state index in [0.29, 0.717) is 24.3 Å². The smallest absolute Gasteiger partial charge is 0.311 e. The molecular weight excluding hydrogens is 623 g/mol. The summed E-state index contributed by atoms with van der Waals surface area (Å²) >= 11 is 11.5. The molecule has 220 valence electrons. The number of nitrogens with zero attached hydrogens (tertiary/aromatic N) is 3. The highest BCUT2D eigenvalue weighted by Gasteiger charge is 2.78. The third-order valence-corrected chi connectivity index (χ3v) is 6.16. The number of rotatable bonds is 5. The molecule has 41 heavy (non-hydrogen) atoms. The molecule has 2 aromatic carbocycles. The number of hydrogen-bond donors (Lipinski definition) is 0. The van der Waals surface area contributed by atoms with Crippen molar-refractivity contribution in [1.82, 2.24) is 4.98 Å². The number of carbonyl (C=O) groups excluding carboxylic acids is 2. The Morgan fingerprint density at radius 2 is 1.37 bits per heavy atom. The number of halogens is 12. The zero-order valence-corrected chi connectivity index (χ0v) is 21.5. The van der Waals surface area contributed by atoms with E-state index in [9.17, 15) is 49.1 Å². The standard InChI is InChI=1S/C24H13Cl2F10N3O2/c1-38(20(41)14-7-4-10-37-18(14)26)13-6-2-5-12(11-13)19(40)39(22(30,23(31,32)33)24(34,35)36)17-15(21(27,28)29)8-3-9-16(17)25/h2-11H,1H3. The molecule has 3 aromatic rings. The molecule has 0 bridgehead atoms. The molecular formula is C24H13Cl2F10N3O2. The Morgan fingerprint density at radius 1 is 0.780 bits per heavy atom. The summed E-state index contributed by atoms with van der Waals surface area (Å²) in [4.78, 5) is 28.9. The Bertz CT molecular complexity index is 1460. The molecule has 2 amide bonds. The lowest BCUT2D eigenvalue weighted by Crippen LogP contribution is -2.67. The summed E-state index contributed by atoms with van der Waals surface area (Å²) < 4.78 is 140. The van der Waals surface area contributed by atoms with Gasteiger partial charge in [0.1, 0.15) is 5.15 Å². The second-order valence-electron chi connectivity index (χ2n) is 8.15. The lowest BCUT2D eigenvalue weighted by Gasteiger charge is -2.40. The molecule has 3 rings (SSSR count). The van der Waals surface area contributed by atoms with E-state index in [1.165, 1.54) is 18.3 Å². The van der Waals surface area contributed by atoms with Gasteiger partial charge in [0, 0.05) is 24.5 Å². The highest BCUT2D eigenvalue weighted by molar-refractivity contribution is 6.34. The van der Waals surface area contributed by atoms with Gasteiger partial charge in [-0.05, 0) is 42.5 Å². The van der Waals surface area contributed by atoms with E-state index in [0.717, 1.165) is 24.1 Å². The summed E-state index contributed by atoms with van der Waals surface area (Å²) in [5.74, 6) is -10.1. The minimum atomic E-state index is -7.01. The molecule has 0 saturated heterocycles. The number of pyridine rings is 1. The maximum Gasteiger partial charge on any atom is 0.452 e. The van der Waals surface area contributed by atoms with Crippen LogP contribution in [0.2, 0.25) is 10.2 Å². The quantitative estimate of drug-likeness (QED) is 0.162. The van der Waals surface area contributed by atoms with Gasteiger partial charge in [-0.25, -0.2) is 4.98 Å². The first-order valence-corrected chi connectivity index (χ1v) is 11.5. The minimum Gasteiger partial charge on any atom is -0.311 e. The van der Waals surface area contributed by atoms with Crippen LogP contribution in [0.15, 0.2) is 60.8 Å². The third-order valence-electron chi connectivity index (χ3n) is 5.55. The summed E-state index contributed by atoms with van der Waals surface area (Å²) in [7, 11) is 1.08. The summed E-state index contributed by atoms with van der Waals surface area (Å²) in [5, 5.41) is -1.72. The van der Waals surface area contributed by atoms with Gasteiger partial charge in [0.05, 0.1) is 21.8 Å². The monoisotopic (exact) mass is 635 g/mol. The first-order chi connectivity index (χ1) is 18.7. The molecule has 1 aromatic heterocycles. The molecule has 0 saturated carbocycles. The number of aromatic nitrogens is 1. The number of para-hydroxylation sites is 1. The van der Waals surface area contributed by atoms with E-state index >= 15 is 4.39 Å². The van der Waals surface area contributed by atoms with Gasteiger partial charge < -0.3 is 4.90 Å². The van der Waals surface area contributed by atoms with Gasteiger partial charge >= 0.3 is 24.3 Å². The molecule has 0 N–H and O–H groups in total. The van der Waals surface area contributed by atoms with E-state index in [4.69, 9.17) is 23.2 Å². The minimum absolute atomic E-state index is 0.0230. The van der Waals surface area contributed by atoms with Crippen molar-refractivity contribution in [2.75, 3.05) is 16.8 Å². The molecule has 5 nitrogen and oxygen atoms in total. The zero-order valence-electron chi connectivity index (χ0n) is 20.0. The first kappa shape index (κ1) is 31.9. The molecule has 0 fully saturated rings. The molecule has 0 radical (unpaired) electrons. The average Bonchev–Trinajstić information content (AvgIpc) is 2.87. The van der Waals surface area contributed by atoms with Crippen molar-refractivity contribution >= 4 is 46.4 Å². The van der Waals surface area contributed by atoms with Crippen molar-refractivity contribution in [3.8, 4) is 0 Å². The SMILES string of the molecule is CN(C(=O)c1cccnc1Cl)c1cccc(C(=O)N(c2c(Cl)cccc2C(F)(F)F)C(F)(C(F)(F)F)C(F)(F)F)c1. The van der Waals surface area contributed by atoms with Crippen molar-refractivity contribution in [1.29, 1.82) is 0 Å². The maximum atomic E-state index is 15.4. The molecule has 0 aliphatic carbocycles. The highest BCUT2D eigenvalue weighted by atomic mass is 35.5. The molecule has 0 atom stereocenters. The predicted molar refractivity (Wildman–Crippen MR) is 128 cm³/mol. The average molecular weight is 636 g/mol. The first-order valence-electron chi connectivity index (χ1n) is 10.7. The van der Waals surface area contributed by atoms with Crippen molar-refractivity contribution in [2.45, 2.75) is 24.3 Å². The maximum absolute atomic E-state index is 15.4. The van der Waals surface area contributed by atoms with Gasteiger partial charge in [-0.3, -0.25) is 14.5 Å². The number of benzene rings is 2. The fourth-order valence-electron chi connectivity index (χ4n) is 3.60. The normalized spacial score (nSPS) is 12.7. The van der Waals surface area contributed by atoms with Crippen LogP contribution in [0.3, 0.4) is 0 Å². The second kappa shape index (κ2) is 11.0. The van der Waals surface area contributed by atoms with Crippen molar-refractivity contribution in [3.63, 3.8) is 0 Å². The Balaban J connectivity index is 2.28. The topological polar surface area (TPSA) is 53.5 Å². The van der Waals surface area contributed by atoms with Crippen LogP contribution in [-0.2, 0) is 6.18 Å². The lowest BCUT2D eigenvalue weighted by molar-refractivity contribution is -0.338. The summed E-state index contributed by atoms with van der Waals surface area (Å²) in [6.07, 6.45) is -18.5. The second-order valence-corrected chi connectivity index (χ2v) is 8.91. The van der Waals surface area contributed by atoms with Crippen LogP contribution in [0.5, 0.6) is 0 Å². The Hall–Kier alpha value is -3.59. The van der Waals surface area contributed by atoms with Gasteiger partial charge in [-0.15, -0.1) is 0 Å². The number of anilines is 2. The number of amides is 2. The van der Waals surface area contributed by atoms with Crippen LogP contribution in [-0.4, -0.2) is 42.0 Å². The van der Waals surface area contributed by atoms with E-state index < -0.39 is 62.9 Å². The molecule has 1 heterocycles. The van der Waals surface area contributed by atoms with Gasteiger partial charge in [0.15, 0.2) is 0 Å². The van der Waals surface area contributed by atoms with Gasteiger partial charge in [-0.1, -0.05) is 35.3 Å². The molecule has 0 spiro atoms. The Kier molecular flexibility index (Phi) is 8.57. The van der Waals surface area contributed by atoms with Gasteiger partial charge in [-0.2, -0.15) is 43.9 Å². The third kappa shape index (κ3) is 5.91. The fraction of sp³-hybridized carbons (Fsp3) is 0.208. The van der Waals surface area contributed by atoms with E-state index in [1.807, 2.05) is 0 Å². The summed E-state index contributed by atoms with van der Waals surface area (Å²) in [6, 6.07) is 6.68. The molecule has 17 heteroatoms. The van der Waals surface area contributed by atoms with E-state index in [-0.39, 0.29) is 22.5 Å². The van der Waals surface area contributed by atoms with Crippen LogP contribution in [0.1, 0.15) is 26.3 Å². The predicted octanol–water partition coefficient (Wildman–Crippen LogP) is 8.12. The van der Waals surface area contributed by atoms with Crippen LogP contribution < -0.4 is 9.80 Å². The van der Waals surface area contributed by atoms with Gasteiger partial charge in [0.2, 0.25) is 0 Å². The lowest BCUT2D eigenvalue weighted by atomic mass is 10.0. The van der Waals surface area contributed by atoms with Crippen molar-refractivity contribution in [3.05, 3.63) is 87.7 Å². The molecule has 0 aliphatic rings. The highest BCUT2D eigenvalue weighted by Crippen LogP contribution is 2.53. The summed E-state index contributed by atoms with van der Waals surface area (Å²) in [5.41, 5.74) is -6.20. The fourth-order valence-corrected chi connectivity index (χ4v) is 4.06. The molecule has 0 unspecified atom stereocenters. The largest absolute Gasteiger partial charge is 0.452 e. The van der Waals surface area contributed by atoms with E-state index in [2.05, 4.69) is 4.98 Å². The number of carbonyl (C=O) groups is 2. The Morgan fingerprint density at radius 3 is 1.90 bits per heavy atom. The van der Waals surface area contributed by atoms with Crippen LogP contribution >= 0.6 is 23.2 Å². The van der Waals surface area contributed by atoms with E-state index in [1.54, 1.807) is 0 Å². The molecule has 0 aliphatic heterocycles. The van der Waals surface area contributed by atoms with Crippen molar-refractivity contribution < 1.29 is 53.5 Å².